The molecule has 21 heavy (non-hydrogen) atoms. The minimum Gasteiger partial charge on any atom is -0.448 e. The van der Waals surface area contributed by atoms with Gasteiger partial charge in [-0.15, -0.1) is 0 Å². The lowest BCUT2D eigenvalue weighted by molar-refractivity contribution is 0.0609. The summed E-state index contributed by atoms with van der Waals surface area (Å²) in [4.78, 5) is 13.8. The van der Waals surface area contributed by atoms with Crippen molar-refractivity contribution in [2.45, 2.75) is 57.7 Å². The normalized spacial score (nSPS) is 23.3. The molecule has 2 N–H and O–H groups in total. The van der Waals surface area contributed by atoms with Crippen LogP contribution < -0.4 is 5.32 Å². The van der Waals surface area contributed by atoms with Crippen molar-refractivity contribution in [2.24, 2.45) is 0 Å². The number of β-amino-alcohol motifs (C(OH)–C–C–N with tert-alkyl or cyclic N) is 1. The molecule has 1 amide bonds. The number of hydrogen-bond acceptors (Lipinski definition) is 5. The van der Waals surface area contributed by atoms with Gasteiger partial charge in [0.1, 0.15) is 6.61 Å². The number of hydrogen-bond donors (Lipinski definition) is 2. The number of carbonyl (C=O) groups excluding carboxylic acids is 1. The Labute approximate surface area is 127 Å². The number of nitrogens with zero attached hydrogens (tertiary/aromatic N) is 1. The van der Waals surface area contributed by atoms with Gasteiger partial charge in [0.15, 0.2) is 0 Å². The predicted molar refractivity (Wildman–Crippen MR) is 81.3 cm³/mol. The molecule has 6 heteroatoms. The fraction of sp³-hybridized carbons (Fsp3) is 0.933. The largest absolute Gasteiger partial charge is 0.448 e. The lowest BCUT2D eigenvalue weighted by Gasteiger charge is -2.36. The Bertz CT molecular complexity index is 317. The highest BCUT2D eigenvalue weighted by atomic mass is 16.5. The van der Waals surface area contributed by atoms with Crippen molar-refractivity contribution in [1.29, 1.82) is 0 Å². The Kier molecular flexibility index (Phi) is 7.42. The average Bonchev–Trinajstić information content (AvgIpc) is 2.77. The molecule has 0 radical (unpaired) electrons. The Balaban J connectivity index is 2.25. The topological polar surface area (TPSA) is 71.0 Å². The van der Waals surface area contributed by atoms with Crippen LogP contribution in [0.1, 0.15) is 40.0 Å². The number of likely N-dealkylation sites (tertiary alicyclic amines) is 1. The first-order valence-electron chi connectivity index (χ1n) is 7.69. The Morgan fingerprint density at radius 2 is 2.10 bits per heavy atom. The Morgan fingerprint density at radius 1 is 1.38 bits per heavy atom. The minimum absolute atomic E-state index is 0.0395. The third-order valence-corrected chi connectivity index (χ3v) is 3.71. The summed E-state index contributed by atoms with van der Waals surface area (Å²) in [6.45, 7) is 8.57. The highest BCUT2D eigenvalue weighted by Gasteiger charge is 2.37. The van der Waals surface area contributed by atoms with Gasteiger partial charge < -0.3 is 19.9 Å². The van der Waals surface area contributed by atoms with Gasteiger partial charge in [0.05, 0.1) is 6.10 Å². The fourth-order valence-corrected chi connectivity index (χ4v) is 2.66. The van der Waals surface area contributed by atoms with Crippen molar-refractivity contribution >= 4 is 6.09 Å². The van der Waals surface area contributed by atoms with Gasteiger partial charge in [-0.05, 0) is 40.0 Å². The van der Waals surface area contributed by atoms with Crippen LogP contribution in [0.25, 0.3) is 0 Å². The van der Waals surface area contributed by atoms with E-state index < -0.39 is 0 Å². The third kappa shape index (κ3) is 6.63. The molecule has 0 spiro atoms. The van der Waals surface area contributed by atoms with E-state index in [1.165, 1.54) is 0 Å². The van der Waals surface area contributed by atoms with Crippen molar-refractivity contribution in [3.05, 3.63) is 0 Å². The van der Waals surface area contributed by atoms with Gasteiger partial charge in [-0.25, -0.2) is 4.79 Å². The Hall–Kier alpha value is -0.850. The lowest BCUT2D eigenvalue weighted by Crippen LogP contribution is -2.47. The molecule has 0 aromatic rings. The van der Waals surface area contributed by atoms with E-state index in [-0.39, 0.29) is 23.8 Å². The molecular formula is C15H30N2O4. The second-order valence-corrected chi connectivity index (χ2v) is 6.59. The predicted octanol–water partition coefficient (Wildman–Crippen LogP) is 1.37. The zero-order valence-electron chi connectivity index (χ0n) is 13.7. The molecule has 0 aliphatic carbocycles. The second kappa shape index (κ2) is 8.56. The highest BCUT2D eigenvalue weighted by Crippen LogP contribution is 2.26. The highest BCUT2D eigenvalue weighted by molar-refractivity contribution is 5.67. The third-order valence-electron chi connectivity index (χ3n) is 3.71. The molecule has 0 aromatic heterocycles. The summed E-state index contributed by atoms with van der Waals surface area (Å²) in [7, 11) is 1.67. The van der Waals surface area contributed by atoms with Gasteiger partial charge in [0, 0.05) is 38.4 Å². The number of nitrogens with one attached hydrogen (secondary N) is 1. The maximum absolute atomic E-state index is 11.6. The molecule has 1 rings (SSSR count). The van der Waals surface area contributed by atoms with E-state index >= 15 is 0 Å². The number of unbranched alkanes of at least 4 members (excludes halogenated alkanes) is 1. The minimum atomic E-state index is -0.386. The van der Waals surface area contributed by atoms with Crippen LogP contribution in [0.5, 0.6) is 0 Å². The van der Waals surface area contributed by atoms with Crippen molar-refractivity contribution in [1.82, 2.24) is 10.2 Å². The molecule has 0 bridgehead atoms. The molecule has 0 saturated carbocycles. The number of alkyl carbamates (subject to hydrolysis) is 1. The van der Waals surface area contributed by atoms with Gasteiger partial charge in [-0.2, -0.15) is 0 Å². The van der Waals surface area contributed by atoms with E-state index in [4.69, 9.17) is 9.47 Å². The Morgan fingerprint density at radius 3 is 2.71 bits per heavy atom. The van der Waals surface area contributed by atoms with Gasteiger partial charge in [-0.3, -0.25) is 4.90 Å². The second-order valence-electron chi connectivity index (χ2n) is 6.59. The van der Waals surface area contributed by atoms with Gasteiger partial charge in [0.25, 0.3) is 0 Å². The van der Waals surface area contributed by atoms with Gasteiger partial charge >= 0.3 is 6.09 Å². The summed E-state index contributed by atoms with van der Waals surface area (Å²) in [6, 6.07) is 0.0826. The summed E-state index contributed by atoms with van der Waals surface area (Å²) in [5, 5.41) is 12.5. The average molecular weight is 302 g/mol. The van der Waals surface area contributed by atoms with Crippen LogP contribution in [0.15, 0.2) is 0 Å². The summed E-state index contributed by atoms with van der Waals surface area (Å²) >= 11 is 0. The van der Waals surface area contributed by atoms with Crippen LogP contribution in [0.2, 0.25) is 0 Å². The number of aliphatic hydroxyl groups excluding tert-OH is 1. The first-order chi connectivity index (χ1) is 9.84. The molecule has 1 saturated heterocycles. The van der Waals surface area contributed by atoms with Gasteiger partial charge in [0.2, 0.25) is 0 Å². The number of rotatable bonds is 7. The molecule has 1 fully saturated rings. The molecule has 1 aliphatic heterocycles. The monoisotopic (exact) mass is 302 g/mol. The molecule has 1 heterocycles. The SMILES string of the molecule is COCCCCNC(=O)OCC1CC(O)CN1C(C)(C)C. The molecule has 2 unspecified atom stereocenters. The van der Waals surface area contributed by atoms with Crippen LogP contribution >= 0.6 is 0 Å². The first kappa shape index (κ1) is 18.2. The van der Waals surface area contributed by atoms with E-state index in [0.29, 0.717) is 32.7 Å². The van der Waals surface area contributed by atoms with E-state index in [0.717, 1.165) is 12.8 Å². The summed E-state index contributed by atoms with van der Waals surface area (Å²) in [6.07, 6.45) is 1.72. The molecule has 2 atom stereocenters. The smallest absolute Gasteiger partial charge is 0.407 e. The molecular weight excluding hydrogens is 272 g/mol. The van der Waals surface area contributed by atoms with Crippen molar-refractivity contribution < 1.29 is 19.4 Å². The maximum Gasteiger partial charge on any atom is 0.407 e. The number of aliphatic hydroxyl groups is 1. The van der Waals surface area contributed by atoms with Crippen LogP contribution in [0.3, 0.4) is 0 Å². The van der Waals surface area contributed by atoms with E-state index in [1.54, 1.807) is 7.11 Å². The van der Waals surface area contributed by atoms with E-state index in [2.05, 4.69) is 31.0 Å². The first-order valence-corrected chi connectivity index (χ1v) is 7.69. The number of methoxy groups -OCH3 is 1. The summed E-state index contributed by atoms with van der Waals surface area (Å²) in [5.41, 5.74) is -0.0395. The standard InChI is InChI=1S/C15H30N2O4/c1-15(2,3)17-10-13(18)9-12(17)11-21-14(19)16-7-5-6-8-20-4/h12-13,18H,5-11H2,1-4H3,(H,16,19). The molecule has 1 aliphatic rings. The number of ether oxygens (including phenoxy) is 2. The van der Waals surface area contributed by atoms with Crippen LogP contribution in [0.4, 0.5) is 4.79 Å². The van der Waals surface area contributed by atoms with Gasteiger partial charge in [-0.1, -0.05) is 0 Å². The lowest BCUT2D eigenvalue weighted by atomic mass is 10.1. The summed E-state index contributed by atoms with van der Waals surface area (Å²) < 4.78 is 10.2. The maximum atomic E-state index is 11.6. The van der Waals surface area contributed by atoms with Crippen molar-refractivity contribution in [2.75, 3.05) is 33.4 Å². The molecule has 6 nitrogen and oxygen atoms in total. The van der Waals surface area contributed by atoms with E-state index in [1.807, 2.05) is 0 Å². The fourth-order valence-electron chi connectivity index (χ4n) is 2.66. The molecule has 0 aromatic carbocycles. The number of carbonyl (C=O) groups is 1. The van der Waals surface area contributed by atoms with Crippen molar-refractivity contribution in [3.8, 4) is 0 Å². The van der Waals surface area contributed by atoms with Crippen molar-refractivity contribution in [3.63, 3.8) is 0 Å². The van der Waals surface area contributed by atoms with Crippen LogP contribution in [-0.2, 0) is 9.47 Å². The quantitative estimate of drug-likeness (QED) is 0.695. The number of amides is 1. The summed E-state index contributed by atoms with van der Waals surface area (Å²) in [5.74, 6) is 0. The van der Waals surface area contributed by atoms with Crippen LogP contribution in [0, 0.1) is 0 Å². The zero-order valence-corrected chi connectivity index (χ0v) is 13.7. The van der Waals surface area contributed by atoms with Crippen LogP contribution in [-0.4, -0.2) is 67.2 Å². The molecule has 124 valence electrons. The van der Waals surface area contributed by atoms with E-state index in [9.17, 15) is 9.90 Å². The zero-order chi connectivity index (χ0) is 15.9.